The van der Waals surface area contributed by atoms with Crippen LogP contribution >= 0.6 is 0 Å². The third-order valence-corrected chi connectivity index (χ3v) is 3.31. The van der Waals surface area contributed by atoms with Crippen molar-refractivity contribution in [3.05, 3.63) is 29.3 Å². The molecule has 0 aromatic heterocycles. The predicted molar refractivity (Wildman–Crippen MR) is 53.8 cm³/mol. The van der Waals surface area contributed by atoms with E-state index in [9.17, 15) is 0 Å². The summed E-state index contributed by atoms with van der Waals surface area (Å²) in [5.41, 5.74) is 3.02. The van der Waals surface area contributed by atoms with Crippen molar-refractivity contribution in [1.82, 2.24) is 0 Å². The number of aryl methyl sites for hydroxylation is 1. The van der Waals surface area contributed by atoms with E-state index >= 15 is 0 Å². The van der Waals surface area contributed by atoms with Crippen LogP contribution in [0.15, 0.2) is 18.2 Å². The van der Waals surface area contributed by atoms with Gasteiger partial charge in [-0.1, -0.05) is 32.6 Å². The second-order valence-electron chi connectivity index (χ2n) is 4.47. The van der Waals surface area contributed by atoms with Crippen molar-refractivity contribution in [2.24, 2.45) is 0 Å². The van der Waals surface area contributed by atoms with E-state index in [4.69, 9.17) is 0 Å². The average Bonchev–Trinajstić information content (AvgIpc) is 2.12. The van der Waals surface area contributed by atoms with E-state index < -0.39 is 8.07 Å². The predicted octanol–water partition coefficient (Wildman–Crippen LogP) is -5.86. The van der Waals surface area contributed by atoms with E-state index in [0.29, 0.717) is 0 Å². The Morgan fingerprint density at radius 3 is 1.87 bits per heavy atom. The zero-order chi connectivity index (χ0) is 8.48. The summed E-state index contributed by atoms with van der Waals surface area (Å²) in [5.74, 6) is 0. The van der Waals surface area contributed by atoms with Gasteiger partial charge >= 0.3 is 21.7 Å². The summed E-state index contributed by atoms with van der Waals surface area (Å²) in [7, 11) is -0.893. The van der Waals surface area contributed by atoms with Gasteiger partial charge in [0, 0.05) is 8.07 Å². The van der Waals surface area contributed by atoms with Crippen molar-refractivity contribution in [3.8, 4) is 0 Å². The van der Waals surface area contributed by atoms with Crippen molar-refractivity contribution in [2.45, 2.75) is 32.6 Å². The Hall–Kier alpha value is 1.15. The van der Waals surface area contributed by atoms with Crippen LogP contribution in [0.1, 0.15) is 11.1 Å². The Morgan fingerprint density at radius 1 is 1.13 bits per heavy atom. The van der Waals surface area contributed by atoms with Crippen molar-refractivity contribution >= 4 is 8.07 Å². The van der Waals surface area contributed by atoms with Crippen LogP contribution in [0.4, 0.5) is 0 Å². The average molecular weight is 320 g/mol. The molecule has 0 spiro atoms. The molecule has 0 bridgehead atoms. The molecule has 1 rings (SSSR count). The quantitative estimate of drug-likeness (QED) is 0.376. The summed E-state index contributed by atoms with van der Waals surface area (Å²) >= 11 is 0. The maximum Gasteiger partial charge on any atom is 4.00 e. The fraction of sp³-hybridized carbons (Fsp3) is 0.500. The first kappa shape index (κ1) is 25.1. The summed E-state index contributed by atoms with van der Waals surface area (Å²) in [5, 5.41) is 0. The van der Waals surface area contributed by atoms with Gasteiger partial charge in [0.15, 0.2) is 0 Å². The normalized spacial score (nSPS) is 8.80. The van der Waals surface area contributed by atoms with Gasteiger partial charge < -0.3 is 37.2 Å². The number of hydrogen-bond donors (Lipinski definition) is 0. The first-order chi connectivity index (χ1) is 4.99. The molecule has 0 amide bonds. The number of halogens is 3. The topological polar surface area (TPSA) is 0 Å². The summed E-state index contributed by atoms with van der Waals surface area (Å²) in [6.45, 7) is 9.45. The van der Waals surface area contributed by atoms with Gasteiger partial charge in [-0.2, -0.15) is 17.2 Å². The SMILES string of the molecule is C[c-]1cccc1C[Si](C)(C)C.[Cl-].[Cl-].[Cl-].[Ti+4]. The minimum absolute atomic E-state index is 0. The standard InChI is InChI=1S/C10H17Si.3ClH.Ti/c1-9-6-5-7-10(9)8-11(2,3)4;;;;/h5-7H,8H2,1-4H3;3*1H;/q-1;;;;+4/p-3. The molecule has 0 atom stereocenters. The Bertz CT molecular complexity index is 243. The molecule has 86 valence electrons. The van der Waals surface area contributed by atoms with Gasteiger partial charge in [0.25, 0.3) is 0 Å². The first-order valence-corrected chi connectivity index (χ1v) is 7.91. The third-order valence-electron chi connectivity index (χ3n) is 1.87. The number of hydrogen-bond acceptors (Lipinski definition) is 0. The van der Waals surface area contributed by atoms with E-state index in [1.807, 2.05) is 0 Å². The van der Waals surface area contributed by atoms with E-state index in [2.05, 4.69) is 44.8 Å². The fourth-order valence-electron chi connectivity index (χ4n) is 1.32. The summed E-state index contributed by atoms with van der Waals surface area (Å²) in [6, 6.07) is 7.94. The molecule has 1 aromatic carbocycles. The Morgan fingerprint density at radius 2 is 1.60 bits per heavy atom. The van der Waals surface area contributed by atoms with Gasteiger partial charge in [-0.15, -0.1) is 0 Å². The van der Waals surface area contributed by atoms with E-state index in [-0.39, 0.29) is 58.9 Å². The zero-order valence-electron chi connectivity index (χ0n) is 9.57. The minimum Gasteiger partial charge on any atom is -1.00 e. The molecule has 15 heavy (non-hydrogen) atoms. The minimum atomic E-state index is -0.893. The van der Waals surface area contributed by atoms with Crippen molar-refractivity contribution in [1.29, 1.82) is 0 Å². The van der Waals surface area contributed by atoms with Crippen LogP contribution < -0.4 is 37.2 Å². The maximum atomic E-state index is 2.42. The Labute approximate surface area is 128 Å². The molecular weight excluding hydrogens is 302 g/mol. The van der Waals surface area contributed by atoms with Crippen LogP contribution in [0, 0.1) is 6.92 Å². The summed E-state index contributed by atoms with van der Waals surface area (Å²) in [4.78, 5) is 0. The molecule has 0 radical (unpaired) electrons. The largest absolute Gasteiger partial charge is 4.00 e. The Balaban J connectivity index is -0.000000151. The smallest absolute Gasteiger partial charge is 1.00 e. The van der Waals surface area contributed by atoms with Gasteiger partial charge in [0.1, 0.15) is 0 Å². The molecule has 0 fully saturated rings. The van der Waals surface area contributed by atoms with Crippen LogP contribution in [0.2, 0.25) is 19.6 Å². The van der Waals surface area contributed by atoms with Crippen molar-refractivity contribution in [3.63, 3.8) is 0 Å². The number of rotatable bonds is 2. The van der Waals surface area contributed by atoms with Crippen LogP contribution in [-0.2, 0) is 27.8 Å². The van der Waals surface area contributed by atoms with Gasteiger partial charge in [-0.3, -0.25) is 0 Å². The molecule has 0 saturated heterocycles. The third kappa shape index (κ3) is 10.0. The molecule has 0 aliphatic heterocycles. The molecule has 0 saturated carbocycles. The molecule has 0 aliphatic rings. The van der Waals surface area contributed by atoms with Crippen LogP contribution in [0.25, 0.3) is 0 Å². The van der Waals surface area contributed by atoms with Gasteiger partial charge in [0.05, 0.1) is 0 Å². The molecule has 0 unspecified atom stereocenters. The molecule has 5 heteroatoms. The molecule has 0 N–H and O–H groups in total. The molecule has 0 nitrogen and oxygen atoms in total. The second kappa shape index (κ2) is 10.3. The van der Waals surface area contributed by atoms with Crippen LogP contribution in [0.5, 0.6) is 0 Å². The van der Waals surface area contributed by atoms with Gasteiger partial charge in [-0.25, -0.2) is 12.1 Å². The zero-order valence-corrected chi connectivity index (χ0v) is 14.4. The van der Waals surface area contributed by atoms with Crippen molar-refractivity contribution < 1.29 is 58.9 Å². The van der Waals surface area contributed by atoms with Gasteiger partial charge in [-0.05, 0) is 0 Å². The molecule has 0 heterocycles. The maximum absolute atomic E-state index is 2.42. The van der Waals surface area contributed by atoms with E-state index in [1.165, 1.54) is 11.6 Å². The molecular formula is C10H17Cl3SiTi. The van der Waals surface area contributed by atoms with Crippen molar-refractivity contribution in [2.75, 3.05) is 0 Å². The van der Waals surface area contributed by atoms with E-state index in [1.54, 1.807) is 5.56 Å². The van der Waals surface area contributed by atoms with Crippen LogP contribution in [0.3, 0.4) is 0 Å². The summed E-state index contributed by atoms with van der Waals surface area (Å²) in [6.07, 6.45) is 0. The first-order valence-electron chi connectivity index (χ1n) is 4.20. The van der Waals surface area contributed by atoms with E-state index in [0.717, 1.165) is 0 Å². The van der Waals surface area contributed by atoms with Gasteiger partial charge in [0.2, 0.25) is 0 Å². The molecule has 1 aromatic rings. The summed E-state index contributed by atoms with van der Waals surface area (Å²) < 4.78 is 0. The fourth-order valence-corrected chi connectivity index (χ4v) is 2.86. The monoisotopic (exact) mass is 318 g/mol. The van der Waals surface area contributed by atoms with Crippen LogP contribution in [-0.4, -0.2) is 8.07 Å². The molecule has 0 aliphatic carbocycles. The second-order valence-corrected chi connectivity index (χ2v) is 9.95. The Kier molecular flexibility index (Phi) is 17.3.